The molecule has 9 heteroatoms. The second-order valence-electron chi connectivity index (χ2n) is 11.2. The van der Waals surface area contributed by atoms with Gasteiger partial charge in [0, 0.05) is 24.0 Å². The average Bonchev–Trinajstić information content (AvgIpc) is 2.96. The fourth-order valence-electron chi connectivity index (χ4n) is 5.38. The monoisotopic (exact) mass is 609 g/mol. The fraction of sp³-hybridized carbons (Fsp3) is 0.394. The Hall–Kier alpha value is -3.36. The standard InChI is InChI=1S/C33H40ClN3O4S/c1-24-14-19-30(20-25(24)2)37(42(3,40)41)23-32(38)36(22-27-15-17-28(34)18-16-27)31(21-26-10-6-4-7-11-26)33(39)35-29-12-8-5-9-13-29/h4,6-7,10-11,14-20,29,31H,5,8-9,12-13,21-23H2,1-3H3,(H,35,39)/t31-/m0/s1. The van der Waals surface area contributed by atoms with Gasteiger partial charge in [-0.3, -0.25) is 13.9 Å². The number of aryl methyl sites for hydroxylation is 2. The number of benzene rings is 3. The zero-order valence-electron chi connectivity index (χ0n) is 24.6. The minimum atomic E-state index is -3.81. The lowest BCUT2D eigenvalue weighted by molar-refractivity contribution is -0.140. The van der Waals surface area contributed by atoms with Crippen molar-refractivity contribution in [3.05, 3.63) is 100 Å². The van der Waals surface area contributed by atoms with Gasteiger partial charge in [0.2, 0.25) is 21.8 Å². The number of sulfonamides is 1. The molecule has 1 fully saturated rings. The van der Waals surface area contributed by atoms with Crippen LogP contribution in [-0.2, 0) is 32.6 Å². The van der Waals surface area contributed by atoms with Gasteiger partial charge in [0.1, 0.15) is 12.6 Å². The molecular weight excluding hydrogens is 570 g/mol. The molecule has 0 unspecified atom stereocenters. The van der Waals surface area contributed by atoms with Gasteiger partial charge in [-0.15, -0.1) is 0 Å². The lowest BCUT2D eigenvalue weighted by Crippen LogP contribution is -2.55. The molecule has 1 aliphatic rings. The molecule has 0 aliphatic heterocycles. The molecular formula is C33H40ClN3O4S. The summed E-state index contributed by atoms with van der Waals surface area (Å²) in [6.07, 6.45) is 6.47. The van der Waals surface area contributed by atoms with Crippen LogP contribution in [0.1, 0.15) is 54.4 Å². The van der Waals surface area contributed by atoms with E-state index in [9.17, 15) is 18.0 Å². The highest BCUT2D eigenvalue weighted by Crippen LogP contribution is 2.24. The summed E-state index contributed by atoms with van der Waals surface area (Å²) in [5.41, 5.74) is 4.04. The summed E-state index contributed by atoms with van der Waals surface area (Å²) >= 11 is 6.13. The highest BCUT2D eigenvalue weighted by molar-refractivity contribution is 7.92. The summed E-state index contributed by atoms with van der Waals surface area (Å²) in [5, 5.41) is 3.77. The highest BCUT2D eigenvalue weighted by Gasteiger charge is 2.34. The van der Waals surface area contributed by atoms with Crippen LogP contribution in [0.15, 0.2) is 72.8 Å². The van der Waals surface area contributed by atoms with Crippen LogP contribution in [-0.4, -0.2) is 50.0 Å². The minimum Gasteiger partial charge on any atom is -0.352 e. The first-order chi connectivity index (χ1) is 20.0. The molecule has 0 aromatic heterocycles. The van der Waals surface area contributed by atoms with E-state index < -0.39 is 28.5 Å². The van der Waals surface area contributed by atoms with Gasteiger partial charge in [0.25, 0.3) is 0 Å². The van der Waals surface area contributed by atoms with Crippen LogP contribution in [0.25, 0.3) is 0 Å². The fourth-order valence-corrected chi connectivity index (χ4v) is 6.35. The molecule has 7 nitrogen and oxygen atoms in total. The molecule has 2 amide bonds. The molecule has 0 bridgehead atoms. The number of hydrogen-bond donors (Lipinski definition) is 1. The van der Waals surface area contributed by atoms with Crippen molar-refractivity contribution < 1.29 is 18.0 Å². The smallest absolute Gasteiger partial charge is 0.244 e. The molecule has 0 heterocycles. The molecule has 1 saturated carbocycles. The predicted octanol–water partition coefficient (Wildman–Crippen LogP) is 5.81. The maximum absolute atomic E-state index is 14.2. The van der Waals surface area contributed by atoms with Crippen LogP contribution in [0.3, 0.4) is 0 Å². The van der Waals surface area contributed by atoms with Crippen molar-refractivity contribution in [2.45, 2.75) is 71.0 Å². The van der Waals surface area contributed by atoms with Crippen LogP contribution in [0.2, 0.25) is 5.02 Å². The Morgan fingerprint density at radius 3 is 2.19 bits per heavy atom. The molecule has 42 heavy (non-hydrogen) atoms. The molecule has 224 valence electrons. The van der Waals surface area contributed by atoms with Gasteiger partial charge in [-0.2, -0.15) is 0 Å². The average molecular weight is 610 g/mol. The number of carbonyl (C=O) groups excluding carboxylic acids is 2. The predicted molar refractivity (Wildman–Crippen MR) is 169 cm³/mol. The summed E-state index contributed by atoms with van der Waals surface area (Å²) in [6.45, 7) is 3.54. The number of halogens is 1. The van der Waals surface area contributed by atoms with Crippen LogP contribution in [0.5, 0.6) is 0 Å². The van der Waals surface area contributed by atoms with Gasteiger partial charge >= 0.3 is 0 Å². The quantitative estimate of drug-likeness (QED) is 0.297. The molecule has 3 aromatic carbocycles. The third kappa shape index (κ3) is 8.58. The van der Waals surface area contributed by atoms with Crippen molar-refractivity contribution >= 4 is 39.1 Å². The second-order valence-corrected chi connectivity index (χ2v) is 13.6. The SMILES string of the molecule is Cc1ccc(N(CC(=O)N(Cc2ccc(Cl)cc2)[C@@H](Cc2ccccc2)C(=O)NC2CCCCC2)S(C)(=O)=O)cc1C. The Labute approximate surface area is 254 Å². The van der Waals surface area contributed by atoms with Crippen molar-refractivity contribution in [1.82, 2.24) is 10.2 Å². The Balaban J connectivity index is 1.72. The summed E-state index contributed by atoms with van der Waals surface area (Å²) in [5.74, 6) is -0.696. The largest absolute Gasteiger partial charge is 0.352 e. The van der Waals surface area contributed by atoms with Crippen LogP contribution >= 0.6 is 11.6 Å². The van der Waals surface area contributed by atoms with E-state index in [4.69, 9.17) is 11.6 Å². The Kier molecular flexibility index (Phi) is 10.7. The van der Waals surface area contributed by atoms with E-state index >= 15 is 0 Å². The van der Waals surface area contributed by atoms with Crippen LogP contribution in [0, 0.1) is 13.8 Å². The first-order valence-corrected chi connectivity index (χ1v) is 16.7. The van der Waals surface area contributed by atoms with Crippen LogP contribution in [0.4, 0.5) is 5.69 Å². The van der Waals surface area contributed by atoms with Gasteiger partial charge in [-0.05, 0) is 73.2 Å². The molecule has 0 spiro atoms. The van der Waals surface area contributed by atoms with Crippen molar-refractivity contribution in [3.63, 3.8) is 0 Å². The number of hydrogen-bond acceptors (Lipinski definition) is 4. The van der Waals surface area contributed by atoms with E-state index in [-0.39, 0.29) is 18.5 Å². The topological polar surface area (TPSA) is 86.8 Å². The molecule has 1 aliphatic carbocycles. The van der Waals surface area contributed by atoms with Crippen molar-refractivity contribution in [3.8, 4) is 0 Å². The molecule has 3 aromatic rings. The Morgan fingerprint density at radius 2 is 1.57 bits per heavy atom. The number of carbonyl (C=O) groups is 2. The van der Waals surface area contributed by atoms with Gasteiger partial charge in [-0.25, -0.2) is 8.42 Å². The number of nitrogens with one attached hydrogen (secondary N) is 1. The summed E-state index contributed by atoms with van der Waals surface area (Å²) in [6, 6.07) is 21.2. The number of anilines is 1. The highest BCUT2D eigenvalue weighted by atomic mass is 35.5. The number of amides is 2. The molecule has 0 radical (unpaired) electrons. The van der Waals surface area contributed by atoms with Gasteiger partial charge in [0.05, 0.1) is 11.9 Å². The third-order valence-corrected chi connectivity index (χ3v) is 9.34. The Bertz CT molecular complexity index is 1470. The van der Waals surface area contributed by atoms with Gasteiger partial charge in [0.15, 0.2) is 0 Å². The minimum absolute atomic E-state index is 0.0556. The maximum atomic E-state index is 14.2. The number of rotatable bonds is 11. The van der Waals surface area contributed by atoms with Crippen molar-refractivity contribution in [1.29, 1.82) is 0 Å². The third-order valence-electron chi connectivity index (χ3n) is 7.95. The second kappa shape index (κ2) is 14.2. The molecule has 0 saturated heterocycles. The summed E-state index contributed by atoms with van der Waals surface area (Å²) < 4.78 is 27.1. The molecule has 1 N–H and O–H groups in total. The summed E-state index contributed by atoms with van der Waals surface area (Å²) in [4.78, 5) is 29.7. The van der Waals surface area contributed by atoms with E-state index in [1.165, 1.54) is 4.90 Å². The summed E-state index contributed by atoms with van der Waals surface area (Å²) in [7, 11) is -3.81. The first-order valence-electron chi connectivity index (χ1n) is 14.4. The molecule has 4 rings (SSSR count). The van der Waals surface area contributed by atoms with Gasteiger partial charge < -0.3 is 10.2 Å². The van der Waals surface area contributed by atoms with E-state index in [1.54, 1.807) is 24.3 Å². The zero-order valence-corrected chi connectivity index (χ0v) is 26.1. The number of nitrogens with zero attached hydrogens (tertiary/aromatic N) is 2. The molecule has 1 atom stereocenters. The van der Waals surface area contributed by atoms with Crippen molar-refractivity contribution in [2.24, 2.45) is 0 Å². The van der Waals surface area contributed by atoms with Gasteiger partial charge in [-0.1, -0.05) is 79.4 Å². The van der Waals surface area contributed by atoms with Crippen LogP contribution < -0.4 is 9.62 Å². The van der Waals surface area contributed by atoms with E-state index in [2.05, 4.69) is 5.32 Å². The first kappa shape index (κ1) is 31.6. The van der Waals surface area contributed by atoms with E-state index in [1.807, 2.05) is 62.4 Å². The zero-order chi connectivity index (χ0) is 30.3. The van der Waals surface area contributed by atoms with Crippen molar-refractivity contribution in [2.75, 3.05) is 17.1 Å². The van der Waals surface area contributed by atoms with E-state index in [0.717, 1.165) is 64.9 Å². The lowest BCUT2D eigenvalue weighted by atomic mass is 9.94. The normalized spacial score (nSPS) is 14.7. The Morgan fingerprint density at radius 1 is 0.905 bits per heavy atom. The lowest BCUT2D eigenvalue weighted by Gasteiger charge is -2.35. The van der Waals surface area contributed by atoms with E-state index in [0.29, 0.717) is 17.1 Å². The maximum Gasteiger partial charge on any atom is 0.244 e.